The number of halogens is 2. The molecule has 0 amide bonds. The SMILES string of the molecule is CC(NC/C=C/Cl)c1cccc(F)c1. The van der Waals surface area contributed by atoms with E-state index in [4.69, 9.17) is 11.6 Å². The molecular weight excluding hydrogens is 201 g/mol. The van der Waals surface area contributed by atoms with Crippen molar-refractivity contribution >= 4 is 11.6 Å². The molecule has 76 valence electrons. The zero-order valence-electron chi connectivity index (χ0n) is 8.00. The summed E-state index contributed by atoms with van der Waals surface area (Å²) in [6.45, 7) is 2.66. The molecule has 1 nitrogen and oxygen atoms in total. The van der Waals surface area contributed by atoms with Gasteiger partial charge in [-0.05, 0) is 24.6 Å². The molecule has 1 aromatic carbocycles. The lowest BCUT2D eigenvalue weighted by Gasteiger charge is -2.12. The molecule has 1 unspecified atom stereocenters. The first-order valence-electron chi connectivity index (χ1n) is 4.48. The fourth-order valence-electron chi connectivity index (χ4n) is 1.18. The molecule has 1 atom stereocenters. The highest BCUT2D eigenvalue weighted by molar-refractivity contribution is 6.25. The van der Waals surface area contributed by atoms with E-state index in [1.807, 2.05) is 13.0 Å². The van der Waals surface area contributed by atoms with Gasteiger partial charge in [0.15, 0.2) is 0 Å². The van der Waals surface area contributed by atoms with Crippen molar-refractivity contribution in [3.63, 3.8) is 0 Å². The Labute approximate surface area is 88.6 Å². The summed E-state index contributed by atoms with van der Waals surface area (Å²) >= 11 is 5.38. The fourth-order valence-corrected chi connectivity index (χ4v) is 1.27. The Morgan fingerprint density at radius 1 is 1.57 bits per heavy atom. The highest BCUT2D eigenvalue weighted by Gasteiger charge is 2.03. The zero-order valence-corrected chi connectivity index (χ0v) is 8.76. The Kier molecular flexibility index (Phi) is 4.63. The minimum atomic E-state index is -0.205. The van der Waals surface area contributed by atoms with Crippen molar-refractivity contribution in [2.75, 3.05) is 6.54 Å². The number of rotatable bonds is 4. The molecule has 0 saturated carbocycles. The lowest BCUT2D eigenvalue weighted by molar-refractivity contribution is 0.595. The van der Waals surface area contributed by atoms with Crippen LogP contribution in [0.2, 0.25) is 0 Å². The van der Waals surface area contributed by atoms with Gasteiger partial charge in [0.25, 0.3) is 0 Å². The first-order valence-corrected chi connectivity index (χ1v) is 4.91. The number of benzene rings is 1. The summed E-state index contributed by atoms with van der Waals surface area (Å²) in [6.07, 6.45) is 1.80. The van der Waals surface area contributed by atoms with Crippen LogP contribution in [0.1, 0.15) is 18.5 Å². The molecule has 0 fully saturated rings. The second-order valence-corrected chi connectivity index (χ2v) is 3.30. The Morgan fingerprint density at radius 2 is 2.36 bits per heavy atom. The van der Waals surface area contributed by atoms with Crippen molar-refractivity contribution in [3.05, 3.63) is 47.3 Å². The molecule has 0 radical (unpaired) electrons. The smallest absolute Gasteiger partial charge is 0.123 e. The number of nitrogens with one attached hydrogen (secondary N) is 1. The van der Waals surface area contributed by atoms with Crippen molar-refractivity contribution in [2.24, 2.45) is 0 Å². The van der Waals surface area contributed by atoms with Gasteiger partial charge in [0.2, 0.25) is 0 Å². The Hall–Kier alpha value is -0.860. The van der Waals surface area contributed by atoms with Gasteiger partial charge in [-0.1, -0.05) is 29.8 Å². The highest BCUT2D eigenvalue weighted by atomic mass is 35.5. The summed E-state index contributed by atoms with van der Waals surface area (Å²) in [7, 11) is 0. The van der Waals surface area contributed by atoms with Crippen LogP contribution in [0.25, 0.3) is 0 Å². The molecule has 3 heteroatoms. The predicted molar refractivity (Wildman–Crippen MR) is 57.8 cm³/mol. The van der Waals surface area contributed by atoms with Gasteiger partial charge >= 0.3 is 0 Å². The van der Waals surface area contributed by atoms with Gasteiger partial charge in [0.05, 0.1) is 0 Å². The number of hydrogen-bond acceptors (Lipinski definition) is 1. The maximum absolute atomic E-state index is 12.9. The molecule has 1 N–H and O–H groups in total. The van der Waals surface area contributed by atoms with Crippen LogP contribution >= 0.6 is 11.6 Å². The maximum atomic E-state index is 12.9. The lowest BCUT2D eigenvalue weighted by atomic mass is 10.1. The largest absolute Gasteiger partial charge is 0.307 e. The van der Waals surface area contributed by atoms with Crippen LogP contribution in [0.5, 0.6) is 0 Å². The van der Waals surface area contributed by atoms with Crippen molar-refractivity contribution in [1.82, 2.24) is 5.32 Å². The Bertz CT molecular complexity index is 312. The molecule has 14 heavy (non-hydrogen) atoms. The van der Waals surface area contributed by atoms with E-state index in [1.54, 1.807) is 12.1 Å². The van der Waals surface area contributed by atoms with E-state index in [9.17, 15) is 4.39 Å². The molecule has 1 aromatic rings. The van der Waals surface area contributed by atoms with Gasteiger partial charge in [0, 0.05) is 18.1 Å². The minimum Gasteiger partial charge on any atom is -0.307 e. The molecular formula is C11H13ClFN. The highest BCUT2D eigenvalue weighted by Crippen LogP contribution is 2.12. The zero-order chi connectivity index (χ0) is 10.4. The molecule has 1 rings (SSSR count). The second-order valence-electron chi connectivity index (χ2n) is 3.05. The average Bonchev–Trinajstić information content (AvgIpc) is 2.18. The molecule has 0 aliphatic rings. The normalized spacial score (nSPS) is 13.4. The summed E-state index contributed by atoms with van der Waals surface area (Å²) in [5, 5.41) is 3.19. The summed E-state index contributed by atoms with van der Waals surface area (Å²) < 4.78 is 12.9. The fraction of sp³-hybridized carbons (Fsp3) is 0.273. The molecule has 0 spiro atoms. The van der Waals surface area contributed by atoms with Crippen molar-refractivity contribution in [1.29, 1.82) is 0 Å². The van der Waals surface area contributed by atoms with Crippen LogP contribution in [0.15, 0.2) is 35.9 Å². The third-order valence-corrected chi connectivity index (χ3v) is 2.16. The van der Waals surface area contributed by atoms with E-state index in [-0.39, 0.29) is 11.9 Å². The van der Waals surface area contributed by atoms with Crippen LogP contribution in [-0.4, -0.2) is 6.54 Å². The third kappa shape index (κ3) is 3.48. The van der Waals surface area contributed by atoms with E-state index in [0.717, 1.165) is 5.56 Å². The summed E-state index contributed by atoms with van der Waals surface area (Å²) in [5.41, 5.74) is 2.40. The summed E-state index contributed by atoms with van der Waals surface area (Å²) in [4.78, 5) is 0. The molecule has 0 aliphatic heterocycles. The minimum absolute atomic E-state index is 0.124. The number of hydrogen-bond donors (Lipinski definition) is 1. The Morgan fingerprint density at radius 3 is 3.00 bits per heavy atom. The van der Waals surface area contributed by atoms with E-state index in [1.165, 1.54) is 17.7 Å². The van der Waals surface area contributed by atoms with Crippen molar-refractivity contribution in [3.8, 4) is 0 Å². The van der Waals surface area contributed by atoms with Crippen LogP contribution in [0.3, 0.4) is 0 Å². The van der Waals surface area contributed by atoms with Gasteiger partial charge < -0.3 is 5.32 Å². The van der Waals surface area contributed by atoms with Crippen LogP contribution < -0.4 is 5.32 Å². The maximum Gasteiger partial charge on any atom is 0.123 e. The van der Waals surface area contributed by atoms with Gasteiger partial charge in [0.1, 0.15) is 5.82 Å². The molecule has 0 aliphatic carbocycles. The third-order valence-electron chi connectivity index (χ3n) is 1.98. The second kappa shape index (κ2) is 5.78. The van der Waals surface area contributed by atoms with E-state index >= 15 is 0 Å². The lowest BCUT2D eigenvalue weighted by Crippen LogP contribution is -2.18. The van der Waals surface area contributed by atoms with Crippen LogP contribution in [-0.2, 0) is 0 Å². The monoisotopic (exact) mass is 213 g/mol. The van der Waals surface area contributed by atoms with Crippen molar-refractivity contribution in [2.45, 2.75) is 13.0 Å². The van der Waals surface area contributed by atoms with E-state index < -0.39 is 0 Å². The van der Waals surface area contributed by atoms with E-state index in [2.05, 4.69) is 5.32 Å². The predicted octanol–water partition coefficient (Wildman–Crippen LogP) is 3.23. The summed E-state index contributed by atoms with van der Waals surface area (Å²) in [5.74, 6) is -0.205. The van der Waals surface area contributed by atoms with E-state index in [0.29, 0.717) is 6.54 Å². The molecule has 0 saturated heterocycles. The van der Waals surface area contributed by atoms with Crippen molar-refractivity contribution < 1.29 is 4.39 Å². The van der Waals surface area contributed by atoms with Gasteiger partial charge in [-0.25, -0.2) is 4.39 Å². The van der Waals surface area contributed by atoms with Crippen LogP contribution in [0.4, 0.5) is 4.39 Å². The summed E-state index contributed by atoms with van der Waals surface area (Å²) in [6, 6.07) is 6.70. The van der Waals surface area contributed by atoms with Gasteiger partial charge in [-0.2, -0.15) is 0 Å². The van der Waals surface area contributed by atoms with Gasteiger partial charge in [-0.3, -0.25) is 0 Å². The topological polar surface area (TPSA) is 12.0 Å². The molecule has 0 bridgehead atoms. The molecule has 0 heterocycles. The average molecular weight is 214 g/mol. The molecule has 0 aromatic heterocycles. The Balaban J connectivity index is 2.55. The standard InChI is InChI=1S/C11H13ClFN/c1-9(14-7-3-6-12)10-4-2-5-11(13)8-10/h2-6,8-9,14H,7H2,1H3/b6-3+. The van der Waals surface area contributed by atoms with Crippen LogP contribution in [0, 0.1) is 5.82 Å². The quantitative estimate of drug-likeness (QED) is 0.810. The first-order chi connectivity index (χ1) is 6.74. The van der Waals surface area contributed by atoms with Gasteiger partial charge in [-0.15, -0.1) is 0 Å². The first kappa shape index (κ1) is 11.2.